The van der Waals surface area contributed by atoms with Crippen molar-refractivity contribution in [1.82, 2.24) is 10.2 Å². The van der Waals surface area contributed by atoms with Gasteiger partial charge in [-0.2, -0.15) is 0 Å². The number of rotatable bonds is 8. The van der Waals surface area contributed by atoms with Crippen LogP contribution in [0.2, 0.25) is 0 Å². The second kappa shape index (κ2) is 9.63. The Labute approximate surface area is 189 Å². The number of methoxy groups -OCH3 is 2. The summed E-state index contributed by atoms with van der Waals surface area (Å²) in [5.41, 5.74) is 1.89. The van der Waals surface area contributed by atoms with Crippen molar-refractivity contribution >= 4 is 11.8 Å². The van der Waals surface area contributed by atoms with Gasteiger partial charge in [0, 0.05) is 25.6 Å². The standard InChI is InChI=1S/C26H32N2O4/c1-31-20-10-11-23(32-2)21(17-20)25(30)28-15-12-26(13-16-28)18-22(26)24(29)27-14-6-9-19-7-4-3-5-8-19/h3-5,7-8,10-11,17,22H,6,9,12-16,18H2,1-2H3,(H,27,29). The van der Waals surface area contributed by atoms with Crippen LogP contribution < -0.4 is 14.8 Å². The summed E-state index contributed by atoms with van der Waals surface area (Å²) in [4.78, 5) is 27.6. The molecule has 0 aromatic heterocycles. The molecule has 2 amide bonds. The Morgan fingerprint density at radius 3 is 2.50 bits per heavy atom. The van der Waals surface area contributed by atoms with E-state index < -0.39 is 0 Å². The largest absolute Gasteiger partial charge is 0.497 e. The maximum atomic E-state index is 13.1. The Kier molecular flexibility index (Phi) is 6.68. The predicted octanol–water partition coefficient (Wildman–Crippen LogP) is 3.70. The van der Waals surface area contributed by atoms with E-state index in [1.165, 1.54) is 5.56 Å². The molecular formula is C26H32N2O4. The minimum absolute atomic E-state index is 0.0434. The first kappa shape index (κ1) is 22.2. The summed E-state index contributed by atoms with van der Waals surface area (Å²) in [6.07, 6.45) is 4.59. The van der Waals surface area contributed by atoms with Crippen molar-refractivity contribution in [2.24, 2.45) is 11.3 Å². The highest BCUT2D eigenvalue weighted by Crippen LogP contribution is 2.59. The fraction of sp³-hybridized carbons (Fsp3) is 0.462. The summed E-state index contributed by atoms with van der Waals surface area (Å²) >= 11 is 0. The lowest BCUT2D eigenvalue weighted by Crippen LogP contribution is -2.40. The number of ether oxygens (including phenoxy) is 2. The van der Waals surface area contributed by atoms with Crippen LogP contribution in [0.15, 0.2) is 48.5 Å². The topological polar surface area (TPSA) is 67.9 Å². The molecule has 1 N–H and O–H groups in total. The molecule has 1 spiro atoms. The molecule has 0 radical (unpaired) electrons. The van der Waals surface area contributed by atoms with E-state index in [0.29, 0.717) is 36.7 Å². The first-order valence-electron chi connectivity index (χ1n) is 11.4. The molecule has 1 saturated heterocycles. The van der Waals surface area contributed by atoms with Crippen LogP contribution in [0.1, 0.15) is 41.6 Å². The minimum atomic E-state index is -0.0434. The number of benzene rings is 2. The lowest BCUT2D eigenvalue weighted by molar-refractivity contribution is -0.123. The SMILES string of the molecule is COc1ccc(OC)c(C(=O)N2CCC3(CC2)CC3C(=O)NCCCc2ccccc2)c1. The fourth-order valence-electron chi connectivity index (χ4n) is 4.85. The zero-order valence-electron chi connectivity index (χ0n) is 18.9. The van der Waals surface area contributed by atoms with Gasteiger partial charge in [-0.25, -0.2) is 0 Å². The first-order chi connectivity index (χ1) is 15.6. The average molecular weight is 437 g/mol. The number of carbonyl (C=O) groups is 2. The summed E-state index contributed by atoms with van der Waals surface area (Å²) in [7, 11) is 3.15. The number of aryl methyl sites for hydroxylation is 1. The van der Waals surface area contributed by atoms with Crippen molar-refractivity contribution in [3.8, 4) is 11.5 Å². The van der Waals surface area contributed by atoms with Gasteiger partial charge in [-0.05, 0) is 61.3 Å². The minimum Gasteiger partial charge on any atom is -0.497 e. The van der Waals surface area contributed by atoms with Crippen LogP contribution in [-0.4, -0.2) is 50.6 Å². The van der Waals surface area contributed by atoms with Crippen LogP contribution in [0.3, 0.4) is 0 Å². The van der Waals surface area contributed by atoms with E-state index in [1.807, 2.05) is 23.1 Å². The highest BCUT2D eigenvalue weighted by molar-refractivity contribution is 5.97. The van der Waals surface area contributed by atoms with Gasteiger partial charge in [0.2, 0.25) is 5.91 Å². The van der Waals surface area contributed by atoms with Crippen LogP contribution in [0, 0.1) is 11.3 Å². The Bertz CT molecular complexity index is 952. The Morgan fingerprint density at radius 2 is 1.81 bits per heavy atom. The van der Waals surface area contributed by atoms with Crippen LogP contribution in [0.25, 0.3) is 0 Å². The van der Waals surface area contributed by atoms with Gasteiger partial charge >= 0.3 is 0 Å². The number of likely N-dealkylation sites (tertiary alicyclic amines) is 1. The lowest BCUT2D eigenvalue weighted by Gasteiger charge is -2.33. The van der Waals surface area contributed by atoms with Crippen LogP contribution in [0.5, 0.6) is 11.5 Å². The van der Waals surface area contributed by atoms with Crippen LogP contribution in [0.4, 0.5) is 0 Å². The predicted molar refractivity (Wildman–Crippen MR) is 123 cm³/mol. The smallest absolute Gasteiger partial charge is 0.257 e. The Hall–Kier alpha value is -3.02. The molecule has 2 aromatic rings. The molecule has 6 heteroatoms. The molecule has 4 rings (SSSR count). The second-order valence-corrected chi connectivity index (χ2v) is 8.86. The third-order valence-corrected chi connectivity index (χ3v) is 6.97. The number of nitrogens with one attached hydrogen (secondary N) is 1. The van der Waals surface area contributed by atoms with Crippen molar-refractivity contribution in [2.45, 2.75) is 32.1 Å². The monoisotopic (exact) mass is 436 g/mol. The maximum absolute atomic E-state index is 13.1. The number of carbonyl (C=O) groups excluding carboxylic acids is 2. The second-order valence-electron chi connectivity index (χ2n) is 8.86. The Balaban J connectivity index is 1.25. The normalized spacial score (nSPS) is 18.8. The fourth-order valence-corrected chi connectivity index (χ4v) is 4.85. The van der Waals surface area contributed by atoms with Crippen molar-refractivity contribution in [1.29, 1.82) is 0 Å². The number of piperidine rings is 1. The third-order valence-electron chi connectivity index (χ3n) is 6.97. The van der Waals surface area contributed by atoms with Crippen molar-refractivity contribution in [2.75, 3.05) is 33.9 Å². The van der Waals surface area contributed by atoms with E-state index in [0.717, 1.165) is 32.1 Å². The molecule has 32 heavy (non-hydrogen) atoms. The highest BCUT2D eigenvalue weighted by Gasteiger charge is 2.58. The van der Waals surface area contributed by atoms with Gasteiger partial charge in [0.05, 0.1) is 19.8 Å². The van der Waals surface area contributed by atoms with Gasteiger partial charge in [0.25, 0.3) is 5.91 Å². The molecule has 1 atom stereocenters. The summed E-state index contributed by atoms with van der Waals surface area (Å²) in [5, 5.41) is 3.12. The van der Waals surface area contributed by atoms with Crippen molar-refractivity contribution in [3.63, 3.8) is 0 Å². The van der Waals surface area contributed by atoms with Gasteiger partial charge in [0.1, 0.15) is 11.5 Å². The molecule has 1 aliphatic heterocycles. The van der Waals surface area contributed by atoms with E-state index in [4.69, 9.17) is 9.47 Å². The molecule has 2 aromatic carbocycles. The molecule has 2 aliphatic rings. The van der Waals surface area contributed by atoms with Crippen LogP contribution in [-0.2, 0) is 11.2 Å². The molecule has 0 bridgehead atoms. The third kappa shape index (κ3) is 4.74. The zero-order chi connectivity index (χ0) is 22.6. The molecule has 6 nitrogen and oxygen atoms in total. The van der Waals surface area contributed by atoms with Gasteiger partial charge in [-0.3, -0.25) is 9.59 Å². The number of amides is 2. The average Bonchev–Trinajstić information content (AvgIpc) is 3.55. The molecule has 1 aliphatic carbocycles. The van der Waals surface area contributed by atoms with E-state index in [1.54, 1.807) is 32.4 Å². The summed E-state index contributed by atoms with van der Waals surface area (Å²) < 4.78 is 10.6. The number of nitrogens with zero attached hydrogens (tertiary/aromatic N) is 1. The van der Waals surface area contributed by atoms with E-state index in [2.05, 4.69) is 17.4 Å². The highest BCUT2D eigenvalue weighted by atomic mass is 16.5. The van der Waals surface area contributed by atoms with Crippen LogP contribution >= 0.6 is 0 Å². The van der Waals surface area contributed by atoms with Gasteiger partial charge in [-0.1, -0.05) is 30.3 Å². The van der Waals surface area contributed by atoms with E-state index in [-0.39, 0.29) is 23.1 Å². The number of hydrogen-bond acceptors (Lipinski definition) is 4. The van der Waals surface area contributed by atoms with Gasteiger partial charge in [-0.15, -0.1) is 0 Å². The molecule has 2 fully saturated rings. The first-order valence-corrected chi connectivity index (χ1v) is 11.4. The molecular weight excluding hydrogens is 404 g/mol. The maximum Gasteiger partial charge on any atom is 0.257 e. The zero-order valence-corrected chi connectivity index (χ0v) is 18.9. The lowest BCUT2D eigenvalue weighted by atomic mass is 9.90. The molecule has 170 valence electrons. The van der Waals surface area contributed by atoms with Crippen molar-refractivity contribution < 1.29 is 19.1 Å². The summed E-state index contributed by atoms with van der Waals surface area (Å²) in [6.45, 7) is 2.04. The molecule has 1 heterocycles. The summed E-state index contributed by atoms with van der Waals surface area (Å²) in [5.74, 6) is 1.40. The van der Waals surface area contributed by atoms with E-state index >= 15 is 0 Å². The van der Waals surface area contributed by atoms with E-state index in [9.17, 15) is 9.59 Å². The molecule has 1 unspecified atom stereocenters. The summed E-state index contributed by atoms with van der Waals surface area (Å²) in [6, 6.07) is 15.6. The Morgan fingerprint density at radius 1 is 1.06 bits per heavy atom. The molecule has 1 saturated carbocycles. The quantitative estimate of drug-likeness (QED) is 0.641. The van der Waals surface area contributed by atoms with Crippen molar-refractivity contribution in [3.05, 3.63) is 59.7 Å². The van der Waals surface area contributed by atoms with Gasteiger partial charge < -0.3 is 19.7 Å². The van der Waals surface area contributed by atoms with Gasteiger partial charge in [0.15, 0.2) is 0 Å². The number of hydrogen-bond donors (Lipinski definition) is 1.